The molecule has 0 aromatic carbocycles. The highest BCUT2D eigenvalue weighted by Gasteiger charge is 2.41. The molecular formula is C16H29N3O. The lowest BCUT2D eigenvalue weighted by molar-refractivity contribution is -0.146. The molecule has 114 valence electrons. The quantitative estimate of drug-likeness (QED) is 0.843. The normalized spacial score (nSPS) is 27.6. The van der Waals surface area contributed by atoms with E-state index in [1.807, 2.05) is 0 Å². The van der Waals surface area contributed by atoms with Gasteiger partial charge >= 0.3 is 0 Å². The number of carbonyl (C=O) groups is 1. The van der Waals surface area contributed by atoms with Crippen molar-refractivity contribution in [3.8, 4) is 0 Å². The maximum absolute atomic E-state index is 12.9. The number of piperidine rings is 1. The Bertz CT molecular complexity index is 340. The molecule has 0 aromatic rings. The van der Waals surface area contributed by atoms with Crippen molar-refractivity contribution < 1.29 is 4.79 Å². The molecule has 20 heavy (non-hydrogen) atoms. The monoisotopic (exact) mass is 279 g/mol. The summed E-state index contributed by atoms with van der Waals surface area (Å²) < 4.78 is 0. The molecule has 2 aliphatic heterocycles. The van der Waals surface area contributed by atoms with Crippen molar-refractivity contribution >= 4 is 5.91 Å². The number of rotatable bonds is 4. The fourth-order valence-electron chi connectivity index (χ4n) is 3.76. The summed E-state index contributed by atoms with van der Waals surface area (Å²) in [4.78, 5) is 17.6. The second kappa shape index (κ2) is 6.02. The van der Waals surface area contributed by atoms with E-state index in [0.717, 1.165) is 64.4 Å². The summed E-state index contributed by atoms with van der Waals surface area (Å²) in [6, 6.07) is 0. The van der Waals surface area contributed by atoms with Gasteiger partial charge in [0.15, 0.2) is 0 Å². The van der Waals surface area contributed by atoms with Crippen LogP contribution in [0.5, 0.6) is 0 Å². The van der Waals surface area contributed by atoms with Crippen LogP contribution in [0, 0.1) is 11.3 Å². The number of carbonyl (C=O) groups excluding carboxylic acids is 1. The van der Waals surface area contributed by atoms with Crippen molar-refractivity contribution in [2.24, 2.45) is 11.3 Å². The van der Waals surface area contributed by atoms with Crippen LogP contribution in [0.3, 0.4) is 0 Å². The fourth-order valence-corrected chi connectivity index (χ4v) is 3.76. The summed E-state index contributed by atoms with van der Waals surface area (Å²) >= 11 is 0. The van der Waals surface area contributed by atoms with Crippen molar-refractivity contribution in [2.45, 2.75) is 39.0 Å². The van der Waals surface area contributed by atoms with Crippen LogP contribution in [-0.2, 0) is 4.79 Å². The van der Waals surface area contributed by atoms with Crippen molar-refractivity contribution in [3.63, 3.8) is 0 Å². The largest absolute Gasteiger partial charge is 0.340 e. The third-order valence-corrected chi connectivity index (χ3v) is 5.56. The van der Waals surface area contributed by atoms with Crippen LogP contribution in [0.25, 0.3) is 0 Å². The Kier molecular flexibility index (Phi) is 4.32. The molecule has 0 radical (unpaired) electrons. The predicted octanol–water partition coefficient (Wildman–Crippen LogP) is 1.32. The summed E-state index contributed by atoms with van der Waals surface area (Å²) in [7, 11) is 0. The van der Waals surface area contributed by atoms with Crippen LogP contribution in [0.2, 0.25) is 0 Å². The standard InChI is InChI=1S/C16H29N3O/c1-2-16(5-7-17-8-6-16)15(20)19-11-9-18(10-12-19)13-14-3-4-14/h14,17H,2-13H2,1H3. The first-order valence-electron chi connectivity index (χ1n) is 8.46. The minimum absolute atomic E-state index is 0.0656. The second-order valence-electron chi connectivity index (χ2n) is 6.92. The number of hydrogen-bond donors (Lipinski definition) is 1. The highest BCUT2D eigenvalue weighted by Crippen LogP contribution is 2.35. The Balaban J connectivity index is 1.54. The molecular weight excluding hydrogens is 250 g/mol. The Morgan fingerprint density at radius 1 is 1.15 bits per heavy atom. The van der Waals surface area contributed by atoms with Crippen LogP contribution in [0.15, 0.2) is 0 Å². The van der Waals surface area contributed by atoms with Gasteiger partial charge in [-0.2, -0.15) is 0 Å². The first-order valence-corrected chi connectivity index (χ1v) is 8.46. The van der Waals surface area contributed by atoms with Gasteiger partial charge in [0.1, 0.15) is 0 Å². The molecule has 3 rings (SSSR count). The zero-order chi connectivity index (χ0) is 14.0. The van der Waals surface area contributed by atoms with Crippen molar-refractivity contribution in [2.75, 3.05) is 45.8 Å². The molecule has 0 atom stereocenters. The van der Waals surface area contributed by atoms with Gasteiger partial charge in [-0.15, -0.1) is 0 Å². The molecule has 0 bridgehead atoms. The maximum atomic E-state index is 12.9. The minimum atomic E-state index is -0.0656. The van der Waals surface area contributed by atoms with E-state index in [1.165, 1.54) is 19.4 Å². The summed E-state index contributed by atoms with van der Waals surface area (Å²) in [6.07, 6.45) is 5.88. The Morgan fingerprint density at radius 3 is 2.35 bits per heavy atom. The molecule has 1 amide bonds. The third-order valence-electron chi connectivity index (χ3n) is 5.56. The smallest absolute Gasteiger partial charge is 0.228 e. The number of nitrogens with zero attached hydrogens (tertiary/aromatic N) is 2. The number of amides is 1. The lowest BCUT2D eigenvalue weighted by Gasteiger charge is -2.42. The molecule has 0 spiro atoms. The fraction of sp³-hybridized carbons (Fsp3) is 0.938. The van der Waals surface area contributed by atoms with Crippen LogP contribution in [-0.4, -0.2) is 61.5 Å². The SMILES string of the molecule is CCC1(C(=O)N2CCN(CC3CC3)CC2)CCNCC1. The van der Waals surface area contributed by atoms with E-state index < -0.39 is 0 Å². The first-order chi connectivity index (χ1) is 9.73. The van der Waals surface area contributed by atoms with Crippen molar-refractivity contribution in [3.05, 3.63) is 0 Å². The molecule has 3 aliphatic rings. The highest BCUT2D eigenvalue weighted by atomic mass is 16.2. The van der Waals surface area contributed by atoms with E-state index >= 15 is 0 Å². The van der Waals surface area contributed by atoms with E-state index in [2.05, 4.69) is 22.0 Å². The van der Waals surface area contributed by atoms with Gasteiger partial charge in [-0.1, -0.05) is 6.92 Å². The third kappa shape index (κ3) is 3.01. The molecule has 1 aliphatic carbocycles. The molecule has 0 unspecified atom stereocenters. The molecule has 2 saturated heterocycles. The molecule has 2 heterocycles. The molecule has 0 aromatic heterocycles. The summed E-state index contributed by atoms with van der Waals surface area (Å²) in [5.41, 5.74) is -0.0656. The lowest BCUT2D eigenvalue weighted by atomic mass is 9.75. The molecule has 3 fully saturated rings. The second-order valence-corrected chi connectivity index (χ2v) is 6.92. The van der Waals surface area contributed by atoms with Crippen LogP contribution < -0.4 is 5.32 Å². The summed E-state index contributed by atoms with van der Waals surface area (Å²) in [6.45, 7) is 9.52. The zero-order valence-corrected chi connectivity index (χ0v) is 12.9. The predicted molar refractivity (Wildman–Crippen MR) is 80.6 cm³/mol. The number of piperazine rings is 1. The highest BCUT2D eigenvalue weighted by molar-refractivity contribution is 5.83. The van der Waals surface area contributed by atoms with E-state index in [9.17, 15) is 4.79 Å². The average molecular weight is 279 g/mol. The van der Waals surface area contributed by atoms with Gasteiger partial charge < -0.3 is 10.2 Å². The first kappa shape index (κ1) is 14.3. The van der Waals surface area contributed by atoms with Crippen LogP contribution in [0.1, 0.15) is 39.0 Å². The number of nitrogens with one attached hydrogen (secondary N) is 1. The van der Waals surface area contributed by atoms with Crippen LogP contribution in [0.4, 0.5) is 0 Å². The summed E-state index contributed by atoms with van der Waals surface area (Å²) in [5.74, 6) is 1.40. The molecule has 1 N–H and O–H groups in total. The van der Waals surface area contributed by atoms with Gasteiger partial charge in [0.25, 0.3) is 0 Å². The minimum Gasteiger partial charge on any atom is -0.340 e. The van der Waals surface area contributed by atoms with Crippen molar-refractivity contribution in [1.82, 2.24) is 15.1 Å². The lowest BCUT2D eigenvalue weighted by Crippen LogP contribution is -2.55. The van der Waals surface area contributed by atoms with Gasteiger partial charge in [-0.05, 0) is 51.1 Å². The van der Waals surface area contributed by atoms with E-state index in [4.69, 9.17) is 0 Å². The molecule has 4 nitrogen and oxygen atoms in total. The average Bonchev–Trinajstić information content (AvgIpc) is 3.32. The number of hydrogen-bond acceptors (Lipinski definition) is 3. The van der Waals surface area contributed by atoms with Gasteiger partial charge in [-0.3, -0.25) is 9.69 Å². The zero-order valence-electron chi connectivity index (χ0n) is 12.9. The van der Waals surface area contributed by atoms with Gasteiger partial charge in [-0.25, -0.2) is 0 Å². The molecule has 4 heteroatoms. The van der Waals surface area contributed by atoms with Gasteiger partial charge in [0.2, 0.25) is 5.91 Å². The van der Waals surface area contributed by atoms with Crippen molar-refractivity contribution in [1.29, 1.82) is 0 Å². The Hall–Kier alpha value is -0.610. The van der Waals surface area contributed by atoms with E-state index in [1.54, 1.807) is 0 Å². The Labute approximate surface area is 122 Å². The van der Waals surface area contributed by atoms with Crippen LogP contribution >= 0.6 is 0 Å². The van der Waals surface area contributed by atoms with Gasteiger partial charge in [0, 0.05) is 32.7 Å². The van der Waals surface area contributed by atoms with E-state index in [-0.39, 0.29) is 5.41 Å². The maximum Gasteiger partial charge on any atom is 0.228 e. The van der Waals surface area contributed by atoms with Gasteiger partial charge in [0.05, 0.1) is 5.41 Å². The topological polar surface area (TPSA) is 35.6 Å². The summed E-state index contributed by atoms with van der Waals surface area (Å²) in [5, 5.41) is 3.39. The van der Waals surface area contributed by atoms with E-state index in [0.29, 0.717) is 5.91 Å². The Morgan fingerprint density at radius 2 is 1.80 bits per heavy atom. The molecule has 1 saturated carbocycles.